The third-order valence-electron chi connectivity index (χ3n) is 23.9. The number of hydrogen-bond acceptors (Lipinski definition) is 6. The molecule has 0 saturated carbocycles. The average Bonchev–Trinajstić information content (AvgIpc) is 1.54. The van der Waals surface area contributed by atoms with Crippen molar-refractivity contribution in [1.29, 1.82) is 0 Å². The minimum absolute atomic E-state index is 0.00638. The average molecular weight is 1470 g/mol. The van der Waals surface area contributed by atoms with Crippen LogP contribution in [0.15, 0.2) is 159 Å². The Balaban J connectivity index is 0.000000145. The Labute approximate surface area is 664 Å². The molecule has 9 heterocycles. The maximum absolute atomic E-state index is 2.55. The molecule has 576 valence electrons. The highest BCUT2D eigenvalue weighted by Crippen LogP contribution is 2.52. The molecule has 12 nitrogen and oxygen atoms in total. The number of aromatic nitrogens is 6. The van der Waals surface area contributed by atoms with Crippen molar-refractivity contribution in [2.45, 2.75) is 270 Å². The van der Waals surface area contributed by atoms with E-state index in [-0.39, 0.29) is 70.1 Å². The molecule has 0 bridgehead atoms. The van der Waals surface area contributed by atoms with Crippen molar-refractivity contribution in [3.63, 3.8) is 0 Å². The molecular formula is C95H130B3N12+3. The number of imidazole rings is 3. The van der Waals surface area contributed by atoms with Gasteiger partial charge in [-0.2, -0.15) is 0 Å². The molecule has 0 spiro atoms. The van der Waals surface area contributed by atoms with Gasteiger partial charge in [-0.05, 0) is 168 Å². The first-order valence-corrected chi connectivity index (χ1v) is 40.5. The second-order valence-corrected chi connectivity index (χ2v) is 42.1. The van der Waals surface area contributed by atoms with E-state index in [4.69, 9.17) is 0 Å². The van der Waals surface area contributed by atoms with Crippen LogP contribution in [0, 0.1) is 27.7 Å². The van der Waals surface area contributed by atoms with Crippen molar-refractivity contribution in [3.05, 3.63) is 231 Å². The van der Waals surface area contributed by atoms with Gasteiger partial charge in [-0.1, -0.05) is 260 Å². The maximum atomic E-state index is 2.55. The Morgan fingerprint density at radius 3 is 0.918 bits per heavy atom. The molecular weight excluding hydrogens is 1340 g/mol. The summed E-state index contributed by atoms with van der Waals surface area (Å²) in [6.07, 6.45) is 24.8. The quantitative estimate of drug-likeness (QED) is 0.164. The molecule has 110 heavy (non-hydrogen) atoms. The lowest BCUT2D eigenvalue weighted by Crippen LogP contribution is -2.69. The lowest BCUT2D eigenvalue weighted by molar-refractivity contribution is -0.526. The summed E-state index contributed by atoms with van der Waals surface area (Å²) in [5.41, 5.74) is 31.1. The van der Waals surface area contributed by atoms with Crippen molar-refractivity contribution < 1.29 is 13.4 Å². The Bertz CT molecular complexity index is 5150. The lowest BCUT2D eigenvalue weighted by atomic mass is 9.71. The molecule has 15 heteroatoms. The van der Waals surface area contributed by atoms with Gasteiger partial charge in [0.1, 0.15) is 37.2 Å². The van der Waals surface area contributed by atoms with Crippen molar-refractivity contribution in [2.75, 3.05) is 28.9 Å². The van der Waals surface area contributed by atoms with Crippen molar-refractivity contribution >= 4 is 55.5 Å². The summed E-state index contributed by atoms with van der Waals surface area (Å²) in [5.74, 6) is 3.76. The Morgan fingerprint density at radius 2 is 0.564 bits per heavy atom. The van der Waals surface area contributed by atoms with E-state index in [0.717, 1.165) is 0 Å². The molecule has 3 aromatic heterocycles. The van der Waals surface area contributed by atoms with Gasteiger partial charge in [-0.25, -0.2) is 13.7 Å². The molecule has 0 amide bonds. The molecule has 0 atom stereocenters. The molecule has 0 N–H and O–H groups in total. The van der Waals surface area contributed by atoms with Gasteiger partial charge in [-0.15, -0.1) is 0 Å². The molecule has 9 aromatic rings. The summed E-state index contributed by atoms with van der Waals surface area (Å²) in [6.45, 7) is 74.5. The van der Waals surface area contributed by atoms with Crippen molar-refractivity contribution in [2.24, 2.45) is 21.1 Å². The number of allylic oxidation sites excluding steroid dienone is 1. The van der Waals surface area contributed by atoms with Gasteiger partial charge in [0.05, 0.1) is 43.5 Å². The summed E-state index contributed by atoms with van der Waals surface area (Å²) in [6, 6.07) is 32.7. The fourth-order valence-corrected chi connectivity index (χ4v) is 17.7. The predicted octanol–water partition coefficient (Wildman–Crippen LogP) is 21.2. The molecule has 6 aliphatic rings. The fourth-order valence-electron chi connectivity index (χ4n) is 17.7. The molecule has 0 fully saturated rings. The first kappa shape index (κ1) is 79.3. The maximum Gasteiger partial charge on any atom is 0.642 e. The lowest BCUT2D eigenvalue weighted by Gasteiger charge is -2.38. The molecule has 0 saturated heterocycles. The fraction of sp³-hybridized carbons (Fsp3) is 0.463. The van der Waals surface area contributed by atoms with Crippen LogP contribution in [0.4, 0.5) is 34.1 Å². The van der Waals surface area contributed by atoms with Crippen molar-refractivity contribution in [1.82, 2.24) is 13.7 Å². The third kappa shape index (κ3) is 13.4. The van der Waals surface area contributed by atoms with E-state index >= 15 is 0 Å². The van der Waals surface area contributed by atoms with E-state index in [0.29, 0.717) is 0 Å². The SMILES string of the molecule is CC1=CN(c2c(C(C)(C)C)cc(C(C)(C)C)cc2C(C)(C)C)B2N1c1cccc(C)c1-c1n(C)cc[n+]12.Cc1ccc(C)c2c1-c1n(C)cc[n+]1B1N(c3c(C(C)(C)C)cc(C(C)(C)C)cc3C(C)(C)C)C=CN12.Cc1cccc2c1-c1n(C)cc[n+]1B1N2C=CN1c1c(C(C)(C)C)cc(C(C)(C)C)cc1C(C)(C)C. The van der Waals surface area contributed by atoms with Crippen LogP contribution in [0.2, 0.25) is 0 Å². The summed E-state index contributed by atoms with van der Waals surface area (Å²) in [7, 11) is 6.51. The van der Waals surface area contributed by atoms with Gasteiger partial charge in [0.2, 0.25) is 0 Å². The van der Waals surface area contributed by atoms with Crippen LogP contribution in [0.3, 0.4) is 0 Å². The molecule has 6 aromatic carbocycles. The first-order valence-electron chi connectivity index (χ1n) is 40.5. The zero-order valence-electron chi connectivity index (χ0n) is 74.0. The van der Waals surface area contributed by atoms with E-state index in [2.05, 4.69) is 452 Å². The number of anilines is 6. The second kappa shape index (κ2) is 26.4. The predicted molar refractivity (Wildman–Crippen MR) is 470 cm³/mol. The first-order chi connectivity index (χ1) is 50.6. The third-order valence-corrected chi connectivity index (χ3v) is 23.9. The van der Waals surface area contributed by atoms with Crippen LogP contribution in [0.5, 0.6) is 0 Å². The normalized spacial score (nSPS) is 15.4. The topological polar surface area (TPSA) is 45.9 Å². The van der Waals surface area contributed by atoms with Crippen LogP contribution in [0.25, 0.3) is 34.2 Å². The van der Waals surface area contributed by atoms with Crippen LogP contribution < -0.4 is 42.3 Å². The zero-order valence-corrected chi connectivity index (χ0v) is 74.0. The van der Waals surface area contributed by atoms with Gasteiger partial charge < -0.3 is 28.9 Å². The van der Waals surface area contributed by atoms with Gasteiger partial charge in [0.15, 0.2) is 0 Å². The van der Waals surface area contributed by atoms with E-state index in [1.54, 1.807) is 0 Å². The van der Waals surface area contributed by atoms with Gasteiger partial charge in [0.25, 0.3) is 17.5 Å². The van der Waals surface area contributed by atoms with Crippen LogP contribution >= 0.6 is 0 Å². The highest BCUT2D eigenvalue weighted by Gasteiger charge is 2.57. The Kier molecular flexibility index (Phi) is 19.0. The van der Waals surface area contributed by atoms with Gasteiger partial charge >= 0.3 is 21.4 Å². The number of benzene rings is 6. The largest absolute Gasteiger partial charge is 0.642 e. The molecule has 15 rings (SSSR count). The summed E-state index contributed by atoms with van der Waals surface area (Å²) < 4.78 is 14.2. The Hall–Kier alpha value is -8.84. The standard InChI is InChI=1S/2C32H44BN4.C31H42BN4/c1-21-13-14-22(2)27-26(21)29-34(12)15-16-37(29)33-35(27)17-18-36(33)28-24(31(6,7)8)19-23(30(3,4)5)20-25(28)32(9,10)11;1-21-14-13-15-26-27(21)29-34(12)16-17-35(29)33-36(20-22(2)37(26)33)28-24(31(6,7)8)18-23(30(3,4)5)19-25(28)32(9,10)11;1-21-13-12-14-25-26(21)28-33(11)15-16-36(28)32-34(25)17-18-35(32)27-23(30(5,6)7)19-22(29(2,3)4)20-24(27)31(8,9)10/h2*13-20H,1-12H3;12-20H,1-11H3/q3*+1. The molecule has 0 radical (unpaired) electrons. The monoisotopic (exact) mass is 1470 g/mol. The van der Waals surface area contributed by atoms with E-state index < -0.39 is 0 Å². The van der Waals surface area contributed by atoms with E-state index in [1.165, 1.54) is 146 Å². The molecule has 0 aliphatic carbocycles. The van der Waals surface area contributed by atoms with E-state index in [9.17, 15) is 0 Å². The number of fused-ring (bicyclic) bond motifs is 18. The number of hydrogen-bond donors (Lipinski definition) is 0. The summed E-state index contributed by atoms with van der Waals surface area (Å²) >= 11 is 0. The van der Waals surface area contributed by atoms with E-state index in [1.807, 2.05) is 0 Å². The zero-order chi connectivity index (χ0) is 80.8. The summed E-state index contributed by atoms with van der Waals surface area (Å²) in [5, 5.41) is 0. The minimum atomic E-state index is -0.0148. The minimum Gasteiger partial charge on any atom is -0.327 e. The van der Waals surface area contributed by atoms with Crippen LogP contribution in [0.1, 0.15) is 266 Å². The van der Waals surface area contributed by atoms with Crippen LogP contribution in [-0.4, -0.2) is 35.1 Å². The number of rotatable bonds is 3. The smallest absolute Gasteiger partial charge is 0.327 e. The van der Waals surface area contributed by atoms with Gasteiger partial charge in [-0.3, -0.25) is 13.4 Å². The molecule has 0 unspecified atom stereocenters. The highest BCUT2D eigenvalue weighted by molar-refractivity contribution is 6.64. The number of aryl methyl sites for hydroxylation is 7. The van der Waals surface area contributed by atoms with Crippen LogP contribution in [-0.2, 0) is 69.9 Å². The van der Waals surface area contributed by atoms with Crippen molar-refractivity contribution in [3.8, 4) is 34.2 Å². The Morgan fingerprint density at radius 1 is 0.282 bits per heavy atom. The highest BCUT2D eigenvalue weighted by atomic mass is 15.4. The second-order valence-electron chi connectivity index (χ2n) is 42.1. The molecule has 6 aliphatic heterocycles. The van der Waals surface area contributed by atoms with Gasteiger partial charge in [0, 0.05) is 65.1 Å². The number of nitrogens with zero attached hydrogens (tertiary/aromatic N) is 12. The summed E-state index contributed by atoms with van der Waals surface area (Å²) in [4.78, 5) is 15.0.